The van der Waals surface area contributed by atoms with Gasteiger partial charge in [-0.3, -0.25) is 4.79 Å². The van der Waals surface area contributed by atoms with Crippen LogP contribution in [0.4, 0.5) is 0 Å². The molecule has 0 saturated carbocycles. The zero-order valence-corrected chi connectivity index (χ0v) is 12.3. The van der Waals surface area contributed by atoms with Gasteiger partial charge in [-0.25, -0.2) is 4.98 Å². The van der Waals surface area contributed by atoms with Crippen molar-refractivity contribution in [2.24, 2.45) is 5.92 Å². The molecule has 1 unspecified atom stereocenters. The Balaban J connectivity index is 2.07. The number of carbonyl (C=O) groups is 1. The van der Waals surface area contributed by atoms with E-state index in [2.05, 4.69) is 11.1 Å². The second-order valence-electron chi connectivity index (χ2n) is 5.07. The number of rotatable bonds is 6. The van der Waals surface area contributed by atoms with Crippen molar-refractivity contribution in [3.8, 4) is 11.9 Å². The van der Waals surface area contributed by atoms with Crippen LogP contribution in [0.15, 0.2) is 12.3 Å². The predicted octanol–water partition coefficient (Wildman–Crippen LogP) is 0.999. The molecule has 0 bridgehead atoms. The van der Waals surface area contributed by atoms with E-state index in [1.165, 1.54) is 7.11 Å². The molecule has 0 aromatic carbocycles. The number of methoxy groups -OCH3 is 2. The SMILES string of the molecule is COCCN1CC(Cc2ccnc(OC)c2C#N)CC1=O. The molecule has 1 aromatic heterocycles. The number of carbonyl (C=O) groups excluding carboxylic acids is 1. The van der Waals surface area contributed by atoms with Crippen LogP contribution in [-0.4, -0.2) is 49.7 Å². The van der Waals surface area contributed by atoms with Crippen LogP contribution < -0.4 is 4.74 Å². The lowest BCUT2D eigenvalue weighted by Gasteiger charge is -2.16. The average molecular weight is 289 g/mol. The van der Waals surface area contributed by atoms with Gasteiger partial charge in [-0.05, 0) is 24.0 Å². The lowest BCUT2D eigenvalue weighted by molar-refractivity contribution is -0.128. The van der Waals surface area contributed by atoms with Crippen molar-refractivity contribution in [3.63, 3.8) is 0 Å². The summed E-state index contributed by atoms with van der Waals surface area (Å²) in [5.74, 6) is 0.709. The van der Waals surface area contributed by atoms with Gasteiger partial charge in [0.05, 0.1) is 13.7 Å². The largest absolute Gasteiger partial charge is 0.480 e. The molecule has 1 amide bonds. The molecule has 0 N–H and O–H groups in total. The fraction of sp³-hybridized carbons (Fsp3) is 0.533. The lowest BCUT2D eigenvalue weighted by Crippen LogP contribution is -2.29. The maximum atomic E-state index is 11.9. The van der Waals surface area contributed by atoms with Gasteiger partial charge in [0.15, 0.2) is 0 Å². The van der Waals surface area contributed by atoms with E-state index in [1.54, 1.807) is 13.3 Å². The number of aromatic nitrogens is 1. The first-order valence-corrected chi connectivity index (χ1v) is 6.88. The Morgan fingerprint density at radius 3 is 3.00 bits per heavy atom. The maximum absolute atomic E-state index is 11.9. The molecule has 21 heavy (non-hydrogen) atoms. The van der Waals surface area contributed by atoms with Crippen LogP contribution in [0.3, 0.4) is 0 Å². The van der Waals surface area contributed by atoms with E-state index in [-0.39, 0.29) is 11.8 Å². The first kappa shape index (κ1) is 15.3. The third-order valence-corrected chi connectivity index (χ3v) is 3.68. The fourth-order valence-electron chi connectivity index (χ4n) is 2.64. The molecule has 1 aliphatic rings. The fourth-order valence-corrected chi connectivity index (χ4v) is 2.64. The molecule has 0 spiro atoms. The van der Waals surface area contributed by atoms with Gasteiger partial charge < -0.3 is 14.4 Å². The number of nitrogens with zero attached hydrogens (tertiary/aromatic N) is 3. The molecule has 6 heteroatoms. The Hall–Kier alpha value is -2.13. The van der Waals surface area contributed by atoms with E-state index in [0.717, 1.165) is 5.56 Å². The Morgan fingerprint density at radius 2 is 2.33 bits per heavy atom. The van der Waals surface area contributed by atoms with E-state index in [0.29, 0.717) is 44.0 Å². The van der Waals surface area contributed by atoms with Crippen LogP contribution in [0.1, 0.15) is 17.5 Å². The third-order valence-electron chi connectivity index (χ3n) is 3.68. The molecule has 0 radical (unpaired) electrons. The van der Waals surface area contributed by atoms with Gasteiger partial charge >= 0.3 is 0 Å². The zero-order valence-electron chi connectivity index (χ0n) is 12.3. The van der Waals surface area contributed by atoms with E-state index in [4.69, 9.17) is 9.47 Å². The minimum absolute atomic E-state index is 0.150. The first-order chi connectivity index (χ1) is 10.2. The number of likely N-dealkylation sites (tertiary alicyclic amines) is 1. The van der Waals surface area contributed by atoms with Gasteiger partial charge in [-0.15, -0.1) is 0 Å². The number of amides is 1. The van der Waals surface area contributed by atoms with Crippen LogP contribution >= 0.6 is 0 Å². The molecule has 1 saturated heterocycles. The number of ether oxygens (including phenoxy) is 2. The minimum Gasteiger partial charge on any atom is -0.480 e. The second kappa shape index (κ2) is 7.04. The van der Waals surface area contributed by atoms with Crippen LogP contribution in [0, 0.1) is 17.2 Å². The highest BCUT2D eigenvalue weighted by atomic mass is 16.5. The minimum atomic E-state index is 0.150. The van der Waals surface area contributed by atoms with E-state index >= 15 is 0 Å². The Labute approximate surface area is 124 Å². The maximum Gasteiger partial charge on any atom is 0.231 e. The van der Waals surface area contributed by atoms with Gasteiger partial charge in [0.25, 0.3) is 0 Å². The van der Waals surface area contributed by atoms with E-state index in [9.17, 15) is 10.1 Å². The summed E-state index contributed by atoms with van der Waals surface area (Å²) in [7, 11) is 3.12. The van der Waals surface area contributed by atoms with E-state index in [1.807, 2.05) is 11.0 Å². The summed E-state index contributed by atoms with van der Waals surface area (Å²) in [4.78, 5) is 17.8. The summed E-state index contributed by atoms with van der Waals surface area (Å²) in [6.07, 6.45) is 2.82. The molecule has 1 atom stereocenters. The second-order valence-corrected chi connectivity index (χ2v) is 5.07. The monoisotopic (exact) mass is 289 g/mol. The normalized spacial score (nSPS) is 17.9. The van der Waals surface area contributed by atoms with Gasteiger partial charge in [-0.2, -0.15) is 5.26 Å². The Kier molecular flexibility index (Phi) is 5.12. The van der Waals surface area contributed by atoms with Gasteiger partial charge in [0, 0.05) is 32.8 Å². The molecular weight excluding hydrogens is 270 g/mol. The summed E-state index contributed by atoms with van der Waals surface area (Å²) >= 11 is 0. The highest BCUT2D eigenvalue weighted by molar-refractivity contribution is 5.78. The Morgan fingerprint density at radius 1 is 1.52 bits per heavy atom. The molecule has 6 nitrogen and oxygen atoms in total. The van der Waals surface area contributed by atoms with Crippen LogP contribution in [0.2, 0.25) is 0 Å². The van der Waals surface area contributed by atoms with Crippen LogP contribution in [0.5, 0.6) is 5.88 Å². The summed E-state index contributed by atoms with van der Waals surface area (Å²) in [5.41, 5.74) is 1.35. The third kappa shape index (κ3) is 3.50. The van der Waals surface area contributed by atoms with Gasteiger partial charge in [0.1, 0.15) is 11.6 Å². The molecule has 2 rings (SSSR count). The molecule has 1 aliphatic heterocycles. The molecule has 0 aliphatic carbocycles. The molecule has 1 aromatic rings. The van der Waals surface area contributed by atoms with Crippen molar-refractivity contribution in [1.29, 1.82) is 5.26 Å². The van der Waals surface area contributed by atoms with Crippen LogP contribution in [0.25, 0.3) is 0 Å². The molecule has 1 fully saturated rings. The summed E-state index contributed by atoms with van der Waals surface area (Å²) in [6, 6.07) is 3.96. The molecule has 2 heterocycles. The predicted molar refractivity (Wildman–Crippen MR) is 75.8 cm³/mol. The smallest absolute Gasteiger partial charge is 0.231 e. The van der Waals surface area contributed by atoms with Crippen molar-refractivity contribution in [1.82, 2.24) is 9.88 Å². The number of pyridine rings is 1. The average Bonchev–Trinajstić information content (AvgIpc) is 2.84. The standard InChI is InChI=1S/C15H19N3O3/c1-20-6-5-18-10-11(8-14(18)19)7-12-3-4-17-15(21-2)13(12)9-16/h3-4,11H,5-8,10H2,1-2H3. The quantitative estimate of drug-likeness (QED) is 0.781. The van der Waals surface area contributed by atoms with Gasteiger partial charge in [-0.1, -0.05) is 0 Å². The van der Waals surface area contributed by atoms with Crippen molar-refractivity contribution in [3.05, 3.63) is 23.4 Å². The summed E-state index contributed by atoms with van der Waals surface area (Å²) in [5, 5.41) is 9.26. The molecule has 112 valence electrons. The van der Waals surface area contributed by atoms with Crippen molar-refractivity contribution >= 4 is 5.91 Å². The molecular formula is C15H19N3O3. The van der Waals surface area contributed by atoms with Crippen molar-refractivity contribution < 1.29 is 14.3 Å². The first-order valence-electron chi connectivity index (χ1n) is 6.88. The number of hydrogen-bond acceptors (Lipinski definition) is 5. The lowest BCUT2D eigenvalue weighted by atomic mass is 9.96. The summed E-state index contributed by atoms with van der Waals surface area (Å²) in [6.45, 7) is 1.87. The zero-order chi connectivity index (χ0) is 15.2. The number of hydrogen-bond donors (Lipinski definition) is 0. The highest BCUT2D eigenvalue weighted by Gasteiger charge is 2.30. The van der Waals surface area contributed by atoms with Gasteiger partial charge in [0.2, 0.25) is 11.8 Å². The van der Waals surface area contributed by atoms with Crippen molar-refractivity contribution in [2.45, 2.75) is 12.8 Å². The van der Waals surface area contributed by atoms with E-state index < -0.39 is 0 Å². The number of nitriles is 1. The Bertz CT molecular complexity index is 554. The van der Waals surface area contributed by atoms with Crippen LogP contribution in [-0.2, 0) is 16.0 Å². The highest BCUT2D eigenvalue weighted by Crippen LogP contribution is 2.26. The summed E-state index contributed by atoms with van der Waals surface area (Å²) < 4.78 is 10.1. The van der Waals surface area contributed by atoms with Crippen molar-refractivity contribution in [2.75, 3.05) is 33.9 Å². The topological polar surface area (TPSA) is 75.5 Å².